The first-order valence-corrected chi connectivity index (χ1v) is 6.13. The minimum atomic E-state index is -0.254. The average Bonchev–Trinajstić information content (AvgIpc) is 2.31. The molecule has 0 bridgehead atoms. The number of morpholine rings is 2. The molecule has 2 heterocycles. The lowest BCUT2D eigenvalue weighted by Gasteiger charge is -2.32. The van der Waals surface area contributed by atoms with Crippen LogP contribution in [0.4, 0.5) is 0 Å². The number of hydrogen-bond acceptors (Lipinski definition) is 5. The van der Waals surface area contributed by atoms with Gasteiger partial charge in [0.25, 0.3) is 0 Å². The molecule has 0 aromatic heterocycles. The predicted molar refractivity (Wildman–Crippen MR) is 75.0 cm³/mol. The first-order chi connectivity index (χ1) is 7.84. The summed E-state index contributed by atoms with van der Waals surface area (Å²) in [5, 5.41) is 9.99. The van der Waals surface area contributed by atoms with E-state index in [4.69, 9.17) is 9.47 Å². The molecule has 18 heavy (non-hydrogen) atoms. The van der Waals surface area contributed by atoms with E-state index in [1.807, 2.05) is 0 Å². The third-order valence-corrected chi connectivity index (χ3v) is 3.15. The fourth-order valence-corrected chi connectivity index (χ4v) is 2.22. The van der Waals surface area contributed by atoms with E-state index in [1.165, 1.54) is 0 Å². The molecular formula is C11H24Cl2N2O3. The zero-order chi connectivity index (χ0) is 11.2. The molecule has 0 aromatic carbocycles. The summed E-state index contributed by atoms with van der Waals surface area (Å²) < 4.78 is 10.6. The Labute approximate surface area is 121 Å². The lowest BCUT2D eigenvalue weighted by molar-refractivity contribution is -0.0113. The van der Waals surface area contributed by atoms with Crippen molar-refractivity contribution >= 4 is 24.8 Å². The molecule has 2 aliphatic heterocycles. The quantitative estimate of drug-likeness (QED) is 0.783. The van der Waals surface area contributed by atoms with E-state index in [0.29, 0.717) is 0 Å². The number of β-amino-alcohol motifs (C(OH)–C–C–N with tert-alkyl or cyclic N) is 1. The molecule has 0 radical (unpaired) electrons. The van der Waals surface area contributed by atoms with Crippen LogP contribution in [0, 0.1) is 0 Å². The van der Waals surface area contributed by atoms with Crippen molar-refractivity contribution in [3.63, 3.8) is 0 Å². The molecule has 0 spiro atoms. The summed E-state index contributed by atoms with van der Waals surface area (Å²) in [6.45, 7) is 8.49. The smallest absolute Gasteiger partial charge is 0.0793 e. The molecule has 0 saturated carbocycles. The highest BCUT2D eigenvalue weighted by molar-refractivity contribution is 5.85. The van der Waals surface area contributed by atoms with Gasteiger partial charge in [-0.15, -0.1) is 24.8 Å². The standard InChI is InChI=1S/C11H22N2O3.2ClH/c14-11(9-12-1-5-15-6-2-12)10-13-3-7-16-8-4-13;;/h11,14H,1-10H2;2*1H. The number of aliphatic hydroxyl groups is 1. The van der Waals surface area contributed by atoms with Crippen molar-refractivity contribution in [3.8, 4) is 0 Å². The molecule has 0 amide bonds. The van der Waals surface area contributed by atoms with Gasteiger partial charge in [-0.1, -0.05) is 0 Å². The van der Waals surface area contributed by atoms with Crippen molar-refractivity contribution in [3.05, 3.63) is 0 Å². The summed E-state index contributed by atoms with van der Waals surface area (Å²) >= 11 is 0. The van der Waals surface area contributed by atoms with Gasteiger partial charge in [0.15, 0.2) is 0 Å². The van der Waals surface area contributed by atoms with Gasteiger partial charge >= 0.3 is 0 Å². The summed E-state index contributed by atoms with van der Waals surface area (Å²) in [4.78, 5) is 4.54. The van der Waals surface area contributed by atoms with Crippen molar-refractivity contribution in [2.75, 3.05) is 65.7 Å². The van der Waals surface area contributed by atoms with Gasteiger partial charge in [0.1, 0.15) is 0 Å². The van der Waals surface area contributed by atoms with Crippen molar-refractivity contribution in [2.24, 2.45) is 0 Å². The highest BCUT2D eigenvalue weighted by Crippen LogP contribution is 2.02. The largest absolute Gasteiger partial charge is 0.390 e. The molecule has 110 valence electrons. The van der Waals surface area contributed by atoms with Crippen molar-refractivity contribution in [1.29, 1.82) is 0 Å². The second-order valence-electron chi connectivity index (χ2n) is 4.48. The average molecular weight is 303 g/mol. The van der Waals surface area contributed by atoms with Gasteiger partial charge < -0.3 is 14.6 Å². The van der Waals surface area contributed by atoms with Crippen LogP contribution in [0.5, 0.6) is 0 Å². The van der Waals surface area contributed by atoms with Gasteiger partial charge in [0.05, 0.1) is 32.5 Å². The maximum atomic E-state index is 9.99. The Bertz CT molecular complexity index is 181. The number of rotatable bonds is 4. The van der Waals surface area contributed by atoms with Crippen molar-refractivity contribution in [2.45, 2.75) is 6.10 Å². The molecule has 2 fully saturated rings. The molecule has 0 aromatic rings. The van der Waals surface area contributed by atoms with Crippen LogP contribution in [-0.4, -0.2) is 86.7 Å². The van der Waals surface area contributed by atoms with Crippen LogP contribution in [0.3, 0.4) is 0 Å². The SMILES string of the molecule is Cl.Cl.OC(CN1CCOCC1)CN1CCOCC1. The minimum absolute atomic E-state index is 0. The number of halogens is 2. The van der Waals surface area contributed by atoms with Crippen LogP contribution < -0.4 is 0 Å². The van der Waals surface area contributed by atoms with Crippen LogP contribution in [0.25, 0.3) is 0 Å². The van der Waals surface area contributed by atoms with Gasteiger partial charge in [0, 0.05) is 39.3 Å². The van der Waals surface area contributed by atoms with Crippen LogP contribution in [0.2, 0.25) is 0 Å². The first-order valence-electron chi connectivity index (χ1n) is 6.13. The van der Waals surface area contributed by atoms with E-state index in [1.54, 1.807) is 0 Å². The Morgan fingerprint density at radius 3 is 1.44 bits per heavy atom. The summed E-state index contributed by atoms with van der Waals surface area (Å²) in [7, 11) is 0. The maximum Gasteiger partial charge on any atom is 0.0793 e. The Morgan fingerprint density at radius 2 is 1.11 bits per heavy atom. The second-order valence-corrected chi connectivity index (χ2v) is 4.48. The highest BCUT2D eigenvalue weighted by Gasteiger charge is 2.18. The highest BCUT2D eigenvalue weighted by atomic mass is 35.5. The predicted octanol–water partition coefficient (Wildman–Crippen LogP) is -0.145. The minimum Gasteiger partial charge on any atom is -0.390 e. The summed E-state index contributed by atoms with van der Waals surface area (Å²) in [5.74, 6) is 0. The Hall–Kier alpha value is 0.380. The number of hydrogen-bond donors (Lipinski definition) is 1. The Morgan fingerprint density at radius 1 is 0.778 bits per heavy atom. The molecule has 2 saturated heterocycles. The van der Waals surface area contributed by atoms with Crippen molar-refractivity contribution in [1.82, 2.24) is 9.80 Å². The molecule has 2 aliphatic rings. The Kier molecular flexibility index (Phi) is 10.4. The third kappa shape index (κ3) is 6.52. The van der Waals surface area contributed by atoms with Crippen LogP contribution in [0.1, 0.15) is 0 Å². The van der Waals surface area contributed by atoms with Crippen molar-refractivity contribution < 1.29 is 14.6 Å². The monoisotopic (exact) mass is 302 g/mol. The number of ether oxygens (including phenoxy) is 2. The van der Waals surface area contributed by atoms with Gasteiger partial charge in [-0.2, -0.15) is 0 Å². The number of aliphatic hydroxyl groups excluding tert-OH is 1. The van der Waals surface area contributed by atoms with Crippen LogP contribution in [0.15, 0.2) is 0 Å². The van der Waals surface area contributed by atoms with Crippen LogP contribution >= 0.6 is 24.8 Å². The lowest BCUT2D eigenvalue weighted by atomic mass is 10.2. The molecule has 7 heteroatoms. The van der Waals surface area contributed by atoms with E-state index in [9.17, 15) is 5.11 Å². The molecule has 0 atom stereocenters. The van der Waals surface area contributed by atoms with Gasteiger partial charge in [-0.05, 0) is 0 Å². The van der Waals surface area contributed by atoms with E-state index in [2.05, 4.69) is 9.80 Å². The van der Waals surface area contributed by atoms with Gasteiger partial charge in [-0.3, -0.25) is 9.80 Å². The Balaban J connectivity index is 0.00000144. The maximum absolute atomic E-state index is 9.99. The molecule has 0 unspecified atom stereocenters. The topological polar surface area (TPSA) is 45.2 Å². The van der Waals surface area contributed by atoms with Crippen LogP contribution in [-0.2, 0) is 9.47 Å². The van der Waals surface area contributed by atoms with Gasteiger partial charge in [0.2, 0.25) is 0 Å². The lowest BCUT2D eigenvalue weighted by Crippen LogP contribution is -2.46. The summed E-state index contributed by atoms with van der Waals surface area (Å²) in [6, 6.07) is 0. The molecule has 2 rings (SSSR count). The van der Waals surface area contributed by atoms with E-state index in [0.717, 1.165) is 65.7 Å². The van der Waals surface area contributed by atoms with Gasteiger partial charge in [-0.25, -0.2) is 0 Å². The molecule has 0 aliphatic carbocycles. The normalized spacial score (nSPS) is 22.3. The third-order valence-electron chi connectivity index (χ3n) is 3.15. The fraction of sp³-hybridized carbons (Fsp3) is 1.00. The molecular weight excluding hydrogens is 279 g/mol. The zero-order valence-corrected chi connectivity index (χ0v) is 12.3. The second kappa shape index (κ2) is 10.2. The summed E-state index contributed by atoms with van der Waals surface area (Å²) in [6.07, 6.45) is -0.254. The summed E-state index contributed by atoms with van der Waals surface area (Å²) in [5.41, 5.74) is 0. The van der Waals surface area contributed by atoms with E-state index in [-0.39, 0.29) is 30.9 Å². The fourth-order valence-electron chi connectivity index (χ4n) is 2.22. The molecule has 5 nitrogen and oxygen atoms in total. The molecule has 1 N–H and O–H groups in total. The first kappa shape index (κ1) is 18.4. The number of nitrogens with zero attached hydrogens (tertiary/aromatic N) is 2. The van der Waals surface area contributed by atoms with E-state index >= 15 is 0 Å². The van der Waals surface area contributed by atoms with E-state index < -0.39 is 0 Å². The zero-order valence-electron chi connectivity index (χ0n) is 10.6.